The highest BCUT2D eigenvalue weighted by molar-refractivity contribution is 5.57. The SMILES string of the molecule is CCCCC[C@H]1CC[C@H](CCc2ccc(OCCCC)c(C#N)c2C#N)CC1. The molecule has 152 valence electrons. The highest BCUT2D eigenvalue weighted by Gasteiger charge is 2.22. The minimum Gasteiger partial charge on any atom is -0.492 e. The number of ether oxygens (including phenoxy) is 1. The number of rotatable bonds is 11. The number of hydrogen-bond donors (Lipinski definition) is 0. The maximum absolute atomic E-state index is 9.64. The molecular formula is C25H36N2O. The quantitative estimate of drug-likeness (QED) is 0.391. The van der Waals surface area contributed by atoms with Crippen LogP contribution in [-0.4, -0.2) is 6.61 Å². The Balaban J connectivity index is 1.90. The molecule has 0 amide bonds. The number of aryl methyl sites for hydroxylation is 1. The van der Waals surface area contributed by atoms with Gasteiger partial charge in [-0.2, -0.15) is 10.5 Å². The van der Waals surface area contributed by atoms with Crippen LogP contribution in [0.15, 0.2) is 12.1 Å². The molecule has 0 aliphatic heterocycles. The smallest absolute Gasteiger partial charge is 0.138 e. The number of benzene rings is 1. The fraction of sp³-hybridized carbons (Fsp3) is 0.680. The molecule has 1 aromatic carbocycles. The van der Waals surface area contributed by atoms with Crippen LogP contribution in [-0.2, 0) is 6.42 Å². The summed E-state index contributed by atoms with van der Waals surface area (Å²) in [5.74, 6) is 2.26. The van der Waals surface area contributed by atoms with Crippen molar-refractivity contribution in [2.24, 2.45) is 11.8 Å². The highest BCUT2D eigenvalue weighted by Crippen LogP contribution is 2.35. The Morgan fingerprint density at radius 3 is 2.11 bits per heavy atom. The van der Waals surface area contributed by atoms with Crippen molar-refractivity contribution in [1.29, 1.82) is 10.5 Å². The van der Waals surface area contributed by atoms with Gasteiger partial charge in [0.15, 0.2) is 0 Å². The second-order valence-electron chi connectivity index (χ2n) is 8.32. The first-order valence-electron chi connectivity index (χ1n) is 11.3. The van der Waals surface area contributed by atoms with Crippen LogP contribution in [0.4, 0.5) is 0 Å². The van der Waals surface area contributed by atoms with Crippen LogP contribution in [0.5, 0.6) is 5.75 Å². The third-order valence-electron chi connectivity index (χ3n) is 6.24. The number of nitrogens with zero attached hydrogens (tertiary/aromatic N) is 2. The standard InChI is InChI=1S/C25H36N2O/c1-3-5-7-8-20-9-11-21(12-10-20)13-14-22-15-16-25(28-17-6-4-2)24(19-27)23(22)18-26/h15-16,20-21H,3-14,17H2,1-2H3/t20-,21-. The van der Waals surface area contributed by atoms with Crippen LogP contribution in [0.25, 0.3) is 0 Å². The van der Waals surface area contributed by atoms with Crippen molar-refractivity contribution in [1.82, 2.24) is 0 Å². The summed E-state index contributed by atoms with van der Waals surface area (Å²) in [6.07, 6.45) is 14.9. The van der Waals surface area contributed by atoms with E-state index >= 15 is 0 Å². The minimum absolute atomic E-state index is 0.413. The Bertz CT molecular complexity index is 675. The van der Waals surface area contributed by atoms with Gasteiger partial charge >= 0.3 is 0 Å². The minimum atomic E-state index is 0.413. The molecule has 0 heterocycles. The van der Waals surface area contributed by atoms with Crippen molar-refractivity contribution < 1.29 is 4.74 Å². The molecule has 28 heavy (non-hydrogen) atoms. The van der Waals surface area contributed by atoms with E-state index in [9.17, 15) is 10.5 Å². The van der Waals surface area contributed by atoms with Crippen molar-refractivity contribution in [2.45, 2.75) is 90.9 Å². The largest absolute Gasteiger partial charge is 0.492 e. The van der Waals surface area contributed by atoms with E-state index in [1.54, 1.807) is 0 Å². The summed E-state index contributed by atoms with van der Waals surface area (Å²) >= 11 is 0. The van der Waals surface area contributed by atoms with E-state index < -0.39 is 0 Å². The molecule has 1 fully saturated rings. The lowest BCUT2D eigenvalue weighted by atomic mass is 9.77. The second-order valence-corrected chi connectivity index (χ2v) is 8.32. The van der Waals surface area contributed by atoms with Crippen LogP contribution >= 0.6 is 0 Å². The lowest BCUT2D eigenvalue weighted by Gasteiger charge is -2.28. The van der Waals surface area contributed by atoms with Gasteiger partial charge < -0.3 is 4.74 Å². The lowest BCUT2D eigenvalue weighted by molar-refractivity contribution is 0.249. The Labute approximate surface area is 171 Å². The molecule has 1 saturated carbocycles. The van der Waals surface area contributed by atoms with Crippen molar-refractivity contribution in [2.75, 3.05) is 6.61 Å². The first kappa shape index (κ1) is 22.3. The lowest BCUT2D eigenvalue weighted by Crippen LogP contribution is -2.15. The summed E-state index contributed by atoms with van der Waals surface area (Å²) in [4.78, 5) is 0. The molecule has 0 radical (unpaired) electrons. The molecule has 1 aliphatic carbocycles. The molecule has 1 aliphatic rings. The number of nitriles is 2. The molecule has 0 spiro atoms. The van der Waals surface area contributed by atoms with E-state index in [-0.39, 0.29) is 0 Å². The molecule has 0 saturated heterocycles. The van der Waals surface area contributed by atoms with E-state index in [1.807, 2.05) is 12.1 Å². The molecule has 3 heteroatoms. The van der Waals surface area contributed by atoms with E-state index in [0.29, 0.717) is 23.5 Å². The third-order valence-corrected chi connectivity index (χ3v) is 6.24. The van der Waals surface area contributed by atoms with Crippen molar-refractivity contribution >= 4 is 0 Å². The molecular weight excluding hydrogens is 344 g/mol. The summed E-state index contributed by atoms with van der Waals surface area (Å²) in [5.41, 5.74) is 1.94. The second kappa shape index (κ2) is 12.5. The van der Waals surface area contributed by atoms with E-state index in [1.165, 1.54) is 51.4 Å². The monoisotopic (exact) mass is 380 g/mol. The predicted molar refractivity (Wildman–Crippen MR) is 114 cm³/mol. The van der Waals surface area contributed by atoms with Crippen LogP contribution < -0.4 is 4.74 Å². The van der Waals surface area contributed by atoms with E-state index in [4.69, 9.17) is 4.74 Å². The first-order valence-corrected chi connectivity index (χ1v) is 11.3. The average molecular weight is 381 g/mol. The predicted octanol–water partition coefficient (Wildman–Crippen LogP) is 6.93. The van der Waals surface area contributed by atoms with Gasteiger partial charge in [-0.1, -0.05) is 77.7 Å². The molecule has 0 atom stereocenters. The fourth-order valence-corrected chi connectivity index (χ4v) is 4.37. The average Bonchev–Trinajstić information content (AvgIpc) is 2.73. The molecule has 0 bridgehead atoms. The van der Waals surface area contributed by atoms with Gasteiger partial charge in [0.25, 0.3) is 0 Å². The molecule has 0 N–H and O–H groups in total. The summed E-state index contributed by atoms with van der Waals surface area (Å²) < 4.78 is 5.74. The van der Waals surface area contributed by atoms with Gasteiger partial charge in [0, 0.05) is 0 Å². The van der Waals surface area contributed by atoms with Crippen molar-refractivity contribution in [3.8, 4) is 17.9 Å². The topological polar surface area (TPSA) is 56.8 Å². The van der Waals surface area contributed by atoms with Crippen molar-refractivity contribution in [3.05, 3.63) is 28.8 Å². The molecule has 0 aromatic heterocycles. The molecule has 2 rings (SSSR count). The van der Waals surface area contributed by atoms with Crippen molar-refractivity contribution in [3.63, 3.8) is 0 Å². The van der Waals surface area contributed by atoms with E-state index in [0.717, 1.165) is 43.1 Å². The zero-order chi connectivity index (χ0) is 20.2. The molecule has 3 nitrogen and oxygen atoms in total. The van der Waals surface area contributed by atoms with Crippen LogP contribution in [0.2, 0.25) is 0 Å². The van der Waals surface area contributed by atoms with Gasteiger partial charge in [-0.3, -0.25) is 0 Å². The first-order chi connectivity index (χ1) is 13.7. The maximum Gasteiger partial charge on any atom is 0.138 e. The number of unbranched alkanes of at least 4 members (excludes halogenated alkanes) is 3. The van der Waals surface area contributed by atoms with Crippen LogP contribution in [0.3, 0.4) is 0 Å². The normalized spacial score (nSPS) is 19.0. The Morgan fingerprint density at radius 2 is 1.50 bits per heavy atom. The highest BCUT2D eigenvalue weighted by atomic mass is 16.5. The Morgan fingerprint density at radius 1 is 0.857 bits per heavy atom. The molecule has 1 aromatic rings. The van der Waals surface area contributed by atoms with Gasteiger partial charge in [-0.25, -0.2) is 0 Å². The summed E-state index contributed by atoms with van der Waals surface area (Å²) in [7, 11) is 0. The summed E-state index contributed by atoms with van der Waals surface area (Å²) in [5, 5.41) is 19.2. The maximum atomic E-state index is 9.64. The fourth-order valence-electron chi connectivity index (χ4n) is 4.37. The van der Waals surface area contributed by atoms with Crippen LogP contribution in [0, 0.1) is 34.5 Å². The van der Waals surface area contributed by atoms with E-state index in [2.05, 4.69) is 26.0 Å². The zero-order valence-corrected chi connectivity index (χ0v) is 17.8. The Hall–Kier alpha value is -2.00. The number of hydrogen-bond acceptors (Lipinski definition) is 3. The summed E-state index contributed by atoms with van der Waals surface area (Å²) in [6, 6.07) is 8.35. The summed E-state index contributed by atoms with van der Waals surface area (Å²) in [6.45, 7) is 4.97. The Kier molecular flexibility index (Phi) is 9.92. The van der Waals surface area contributed by atoms with Gasteiger partial charge in [0.2, 0.25) is 0 Å². The van der Waals surface area contributed by atoms with Gasteiger partial charge in [0.05, 0.1) is 12.2 Å². The van der Waals surface area contributed by atoms with Gasteiger partial charge in [-0.15, -0.1) is 0 Å². The molecule has 0 unspecified atom stereocenters. The van der Waals surface area contributed by atoms with Gasteiger partial charge in [-0.05, 0) is 42.7 Å². The van der Waals surface area contributed by atoms with Crippen LogP contribution in [0.1, 0.15) is 101 Å². The van der Waals surface area contributed by atoms with Gasteiger partial charge in [0.1, 0.15) is 23.5 Å². The third kappa shape index (κ3) is 6.56. The zero-order valence-electron chi connectivity index (χ0n) is 17.8.